The van der Waals surface area contributed by atoms with E-state index in [0.717, 1.165) is 25.7 Å². The van der Waals surface area contributed by atoms with Crippen molar-refractivity contribution < 1.29 is 19.1 Å². The topological polar surface area (TPSA) is 85.4 Å². The van der Waals surface area contributed by atoms with Gasteiger partial charge in [-0.1, -0.05) is 36.2 Å². The number of Topliss-reactive ketones (excluding diaryl/α,β-unsaturated/α-hetero) is 1. The van der Waals surface area contributed by atoms with Gasteiger partial charge in [0, 0.05) is 22.8 Å². The largest absolute Gasteiger partial charge is 0.466 e. The number of esters is 1. The van der Waals surface area contributed by atoms with E-state index < -0.39 is 0 Å². The third-order valence-corrected chi connectivity index (χ3v) is 6.38. The number of ketones is 1. The Morgan fingerprint density at radius 3 is 2.48 bits per heavy atom. The molecule has 164 valence electrons. The minimum Gasteiger partial charge on any atom is -0.466 e. The predicted octanol–water partition coefficient (Wildman–Crippen LogP) is 4.56. The minimum absolute atomic E-state index is 0.0207. The Labute approximate surface area is 191 Å². The third kappa shape index (κ3) is 6.55. The van der Waals surface area contributed by atoms with E-state index in [0.29, 0.717) is 27.8 Å². The van der Waals surface area contributed by atoms with Crippen LogP contribution in [0.25, 0.3) is 0 Å². The van der Waals surface area contributed by atoms with Crippen LogP contribution in [0, 0.1) is 5.92 Å². The van der Waals surface area contributed by atoms with E-state index in [2.05, 4.69) is 10.3 Å². The highest BCUT2D eigenvalue weighted by Crippen LogP contribution is 2.26. The van der Waals surface area contributed by atoms with Gasteiger partial charge in [0.25, 0.3) is 5.91 Å². The molecule has 2 aromatic rings. The Morgan fingerprint density at radius 1 is 1.10 bits per heavy atom. The number of carbonyl (C=O) groups is 3. The second kappa shape index (κ2) is 11.3. The summed E-state index contributed by atoms with van der Waals surface area (Å²) in [6.07, 6.45) is 4.89. The summed E-state index contributed by atoms with van der Waals surface area (Å²) in [4.78, 5) is 41.4. The van der Waals surface area contributed by atoms with Gasteiger partial charge in [0.15, 0.2) is 5.78 Å². The number of hydrogen-bond donors (Lipinski definition) is 1. The Kier molecular flexibility index (Phi) is 8.49. The van der Waals surface area contributed by atoms with Crippen molar-refractivity contribution in [2.45, 2.75) is 43.7 Å². The lowest BCUT2D eigenvalue weighted by atomic mass is 9.84. The maximum atomic E-state index is 12.7. The first-order valence-electron chi connectivity index (χ1n) is 10.3. The monoisotopic (exact) mass is 460 g/mol. The van der Waals surface area contributed by atoms with Crippen molar-refractivity contribution in [3.8, 4) is 0 Å². The van der Waals surface area contributed by atoms with Gasteiger partial charge in [-0.05, 0) is 56.2 Å². The summed E-state index contributed by atoms with van der Waals surface area (Å²) < 4.78 is 5.16. The number of rotatable bonds is 8. The average Bonchev–Trinajstić information content (AvgIpc) is 2.78. The zero-order valence-electron chi connectivity index (χ0n) is 17.3. The molecule has 1 saturated carbocycles. The highest BCUT2D eigenvalue weighted by Gasteiger charge is 2.33. The SMILES string of the molecule is CCOC(=O)[C@@H]1CCCC[C@@H]1NC(=O)c1ccc(SCC(=O)c2ccc(Cl)cc2)nc1. The van der Waals surface area contributed by atoms with Crippen LogP contribution in [0.2, 0.25) is 5.02 Å². The van der Waals surface area contributed by atoms with Gasteiger partial charge in [0.2, 0.25) is 0 Å². The highest BCUT2D eigenvalue weighted by molar-refractivity contribution is 7.99. The van der Waals surface area contributed by atoms with Crippen molar-refractivity contribution in [2.24, 2.45) is 5.92 Å². The molecule has 31 heavy (non-hydrogen) atoms. The molecule has 0 bridgehead atoms. The van der Waals surface area contributed by atoms with Crippen LogP contribution in [0.1, 0.15) is 53.3 Å². The van der Waals surface area contributed by atoms with Gasteiger partial charge in [-0.2, -0.15) is 0 Å². The average molecular weight is 461 g/mol. The van der Waals surface area contributed by atoms with Gasteiger partial charge in [-0.25, -0.2) is 4.98 Å². The van der Waals surface area contributed by atoms with Gasteiger partial charge < -0.3 is 10.1 Å². The van der Waals surface area contributed by atoms with Gasteiger partial charge in [-0.3, -0.25) is 14.4 Å². The van der Waals surface area contributed by atoms with Crippen molar-refractivity contribution in [1.29, 1.82) is 0 Å². The molecule has 1 fully saturated rings. The van der Waals surface area contributed by atoms with Crippen LogP contribution in [0.4, 0.5) is 0 Å². The van der Waals surface area contributed by atoms with E-state index in [1.54, 1.807) is 43.3 Å². The number of benzene rings is 1. The fraction of sp³-hybridized carbons (Fsp3) is 0.391. The molecule has 6 nitrogen and oxygen atoms in total. The van der Waals surface area contributed by atoms with Gasteiger partial charge in [0.05, 0.1) is 28.9 Å². The fourth-order valence-corrected chi connectivity index (χ4v) is 4.41. The van der Waals surface area contributed by atoms with Crippen LogP contribution in [0.15, 0.2) is 47.6 Å². The van der Waals surface area contributed by atoms with Crippen LogP contribution >= 0.6 is 23.4 Å². The lowest BCUT2D eigenvalue weighted by molar-refractivity contribution is -0.150. The fourth-order valence-electron chi connectivity index (χ4n) is 3.55. The molecule has 0 saturated heterocycles. The van der Waals surface area contributed by atoms with E-state index in [-0.39, 0.29) is 35.4 Å². The maximum Gasteiger partial charge on any atom is 0.311 e. The summed E-state index contributed by atoms with van der Waals surface area (Å²) in [7, 11) is 0. The lowest BCUT2D eigenvalue weighted by Crippen LogP contribution is -2.45. The molecule has 3 rings (SSSR count). The molecular formula is C23H25ClN2O4S. The van der Waals surface area contributed by atoms with Crippen molar-refractivity contribution in [3.05, 3.63) is 58.7 Å². The molecule has 1 aromatic carbocycles. The number of pyridine rings is 1. The Hall–Kier alpha value is -2.38. The van der Waals surface area contributed by atoms with Crippen LogP contribution in [0.3, 0.4) is 0 Å². The second-order valence-corrected chi connectivity index (χ2v) is 8.76. The molecular weight excluding hydrogens is 436 g/mol. The van der Waals surface area contributed by atoms with Crippen LogP contribution in [-0.2, 0) is 9.53 Å². The van der Waals surface area contributed by atoms with Gasteiger partial charge >= 0.3 is 5.97 Å². The van der Waals surface area contributed by atoms with E-state index >= 15 is 0 Å². The van der Waals surface area contributed by atoms with E-state index in [9.17, 15) is 14.4 Å². The van der Waals surface area contributed by atoms with Crippen molar-refractivity contribution in [3.63, 3.8) is 0 Å². The standard InChI is InChI=1S/C23H25ClN2O4S/c1-2-30-23(29)18-5-3-4-6-19(18)26-22(28)16-9-12-21(25-13-16)31-14-20(27)15-7-10-17(24)11-8-15/h7-13,18-19H,2-6,14H2,1H3,(H,26,28)/t18-,19+/m1/s1. The number of amides is 1. The molecule has 0 aliphatic heterocycles. The predicted molar refractivity (Wildman–Crippen MR) is 121 cm³/mol. The Morgan fingerprint density at radius 2 is 1.81 bits per heavy atom. The van der Waals surface area contributed by atoms with E-state index in [1.165, 1.54) is 18.0 Å². The number of thioether (sulfide) groups is 1. The number of nitrogens with one attached hydrogen (secondary N) is 1. The molecule has 1 aliphatic rings. The zero-order valence-corrected chi connectivity index (χ0v) is 18.9. The Balaban J connectivity index is 1.55. The molecule has 1 aromatic heterocycles. The number of ether oxygens (including phenoxy) is 1. The maximum absolute atomic E-state index is 12.7. The first-order valence-corrected chi connectivity index (χ1v) is 11.7. The summed E-state index contributed by atoms with van der Waals surface area (Å²) in [6, 6.07) is 9.93. The smallest absolute Gasteiger partial charge is 0.311 e. The molecule has 1 heterocycles. The summed E-state index contributed by atoms with van der Waals surface area (Å²) in [5, 5.41) is 4.21. The normalized spacial score (nSPS) is 18.3. The second-order valence-electron chi connectivity index (χ2n) is 7.33. The van der Waals surface area contributed by atoms with Crippen molar-refractivity contribution in [2.75, 3.05) is 12.4 Å². The number of carbonyl (C=O) groups excluding carboxylic acids is 3. The lowest BCUT2D eigenvalue weighted by Gasteiger charge is -2.30. The quantitative estimate of drug-likeness (QED) is 0.353. The minimum atomic E-state index is -0.306. The number of aromatic nitrogens is 1. The molecule has 0 radical (unpaired) electrons. The van der Waals surface area contributed by atoms with E-state index in [1.807, 2.05) is 0 Å². The first-order chi connectivity index (χ1) is 15.0. The summed E-state index contributed by atoms with van der Waals surface area (Å²) in [6.45, 7) is 2.11. The highest BCUT2D eigenvalue weighted by atomic mass is 35.5. The van der Waals surface area contributed by atoms with E-state index in [4.69, 9.17) is 16.3 Å². The molecule has 8 heteroatoms. The summed E-state index contributed by atoms with van der Waals surface area (Å²) >= 11 is 7.15. The van der Waals surface area contributed by atoms with Crippen molar-refractivity contribution >= 4 is 41.0 Å². The molecule has 1 amide bonds. The van der Waals surface area contributed by atoms with Gasteiger partial charge in [-0.15, -0.1) is 0 Å². The molecule has 1 N–H and O–H groups in total. The van der Waals surface area contributed by atoms with Crippen LogP contribution < -0.4 is 5.32 Å². The Bertz CT molecular complexity index is 918. The third-order valence-electron chi connectivity index (χ3n) is 5.19. The summed E-state index contributed by atoms with van der Waals surface area (Å²) in [5.74, 6) is -0.596. The number of halogens is 1. The first kappa shape index (κ1) is 23.3. The van der Waals surface area contributed by atoms with Crippen LogP contribution in [0.5, 0.6) is 0 Å². The van der Waals surface area contributed by atoms with Crippen LogP contribution in [-0.4, -0.2) is 41.0 Å². The molecule has 0 spiro atoms. The van der Waals surface area contributed by atoms with Gasteiger partial charge in [0.1, 0.15) is 0 Å². The van der Waals surface area contributed by atoms with Crippen molar-refractivity contribution in [1.82, 2.24) is 10.3 Å². The zero-order chi connectivity index (χ0) is 22.2. The number of nitrogens with zero attached hydrogens (tertiary/aromatic N) is 1. The molecule has 1 aliphatic carbocycles. The molecule has 2 atom stereocenters. The summed E-state index contributed by atoms with van der Waals surface area (Å²) in [5.41, 5.74) is 1.01. The molecule has 0 unspecified atom stereocenters. The number of hydrogen-bond acceptors (Lipinski definition) is 6.